The van der Waals surface area contributed by atoms with Crippen molar-refractivity contribution in [3.63, 3.8) is 0 Å². The Labute approximate surface area is 153 Å². The van der Waals surface area contributed by atoms with Crippen LogP contribution in [-0.2, 0) is 4.79 Å². The van der Waals surface area contributed by atoms with Gasteiger partial charge in [-0.15, -0.1) is 0 Å². The number of halogens is 3. The molecule has 3 fully saturated rings. The Morgan fingerprint density at radius 3 is 2.62 bits per heavy atom. The molecule has 0 aromatic rings. The molecule has 4 aliphatic carbocycles. The van der Waals surface area contributed by atoms with Crippen LogP contribution in [0.15, 0.2) is 11.6 Å². The summed E-state index contributed by atoms with van der Waals surface area (Å²) in [7, 11) is 0. The number of carbonyl (C=O) groups is 1. The van der Waals surface area contributed by atoms with E-state index in [1.807, 2.05) is 13.0 Å². The van der Waals surface area contributed by atoms with Gasteiger partial charge in [0, 0.05) is 11.8 Å². The van der Waals surface area contributed by atoms with E-state index in [9.17, 15) is 23.1 Å². The monoisotopic (exact) mass is 370 g/mol. The van der Waals surface area contributed by atoms with Crippen molar-refractivity contribution in [1.82, 2.24) is 0 Å². The number of hydrogen-bond acceptors (Lipinski definition) is 2. The third-order valence-corrected chi connectivity index (χ3v) is 8.59. The van der Waals surface area contributed by atoms with Crippen molar-refractivity contribution in [3.8, 4) is 0 Å². The summed E-state index contributed by atoms with van der Waals surface area (Å²) >= 11 is 0. The van der Waals surface area contributed by atoms with E-state index < -0.39 is 17.2 Å². The first-order chi connectivity index (χ1) is 12.1. The lowest BCUT2D eigenvalue weighted by atomic mass is 9.47. The number of aliphatic hydroxyl groups is 1. The maximum atomic E-state index is 13.9. The lowest BCUT2D eigenvalue weighted by Crippen LogP contribution is -2.61. The molecular formula is C21H29F3O2. The van der Waals surface area contributed by atoms with Gasteiger partial charge in [0.2, 0.25) is 0 Å². The summed E-state index contributed by atoms with van der Waals surface area (Å²) < 4.78 is 41.7. The molecule has 2 nitrogen and oxygen atoms in total. The minimum atomic E-state index is -4.56. The van der Waals surface area contributed by atoms with E-state index in [-0.39, 0.29) is 30.0 Å². The lowest BCUT2D eigenvalue weighted by molar-refractivity contribution is -0.307. The van der Waals surface area contributed by atoms with Crippen molar-refractivity contribution < 1.29 is 23.1 Å². The van der Waals surface area contributed by atoms with Crippen molar-refractivity contribution in [1.29, 1.82) is 0 Å². The van der Waals surface area contributed by atoms with Crippen molar-refractivity contribution in [2.75, 3.05) is 0 Å². The van der Waals surface area contributed by atoms with Crippen LogP contribution in [0.5, 0.6) is 0 Å². The molecule has 0 aliphatic heterocycles. The summed E-state index contributed by atoms with van der Waals surface area (Å²) in [6.45, 7) is 3.97. The molecular weight excluding hydrogens is 341 g/mol. The third kappa shape index (κ3) is 2.25. The van der Waals surface area contributed by atoms with Gasteiger partial charge < -0.3 is 5.11 Å². The molecule has 5 heteroatoms. The van der Waals surface area contributed by atoms with Gasteiger partial charge in [-0.3, -0.25) is 4.79 Å². The molecule has 4 aliphatic rings. The molecule has 1 unspecified atom stereocenters. The van der Waals surface area contributed by atoms with Crippen LogP contribution in [0.4, 0.5) is 13.2 Å². The molecule has 0 aromatic heterocycles. The fraction of sp³-hybridized carbons (Fsp3) is 0.857. The summed E-state index contributed by atoms with van der Waals surface area (Å²) in [5, 5.41) is 10.8. The normalized spacial score (nSPS) is 48.5. The molecule has 3 saturated carbocycles. The first kappa shape index (κ1) is 18.5. The van der Waals surface area contributed by atoms with Gasteiger partial charge in [0.05, 0.1) is 0 Å². The Morgan fingerprint density at radius 1 is 1.23 bits per heavy atom. The van der Waals surface area contributed by atoms with Crippen molar-refractivity contribution in [3.05, 3.63) is 11.6 Å². The molecule has 1 N–H and O–H groups in total. The molecule has 0 bridgehead atoms. The summed E-state index contributed by atoms with van der Waals surface area (Å²) in [5.74, 6) is 1.39. The second kappa shape index (κ2) is 5.83. The van der Waals surface area contributed by atoms with Crippen molar-refractivity contribution >= 4 is 5.78 Å². The summed E-state index contributed by atoms with van der Waals surface area (Å²) in [6.07, 6.45) is 1.41. The zero-order valence-corrected chi connectivity index (χ0v) is 15.6. The van der Waals surface area contributed by atoms with Gasteiger partial charge in [-0.05, 0) is 80.6 Å². The average molecular weight is 370 g/mol. The number of rotatable bonds is 1. The largest absolute Gasteiger partial charge is 0.417 e. The molecule has 0 amide bonds. The Hall–Kier alpha value is -0.840. The highest BCUT2D eigenvalue weighted by Gasteiger charge is 2.73. The predicted molar refractivity (Wildman–Crippen MR) is 92.3 cm³/mol. The van der Waals surface area contributed by atoms with Crippen molar-refractivity contribution in [2.45, 2.75) is 77.0 Å². The highest BCUT2D eigenvalue weighted by molar-refractivity contribution is 5.91. The summed E-state index contributed by atoms with van der Waals surface area (Å²) in [4.78, 5) is 11.8. The maximum Gasteiger partial charge on any atom is 0.417 e. The van der Waals surface area contributed by atoms with Gasteiger partial charge in [-0.2, -0.15) is 13.2 Å². The lowest BCUT2D eigenvalue weighted by Gasteiger charge is -2.58. The molecule has 26 heavy (non-hydrogen) atoms. The topological polar surface area (TPSA) is 37.3 Å². The van der Waals surface area contributed by atoms with Gasteiger partial charge in [0.15, 0.2) is 11.4 Å². The van der Waals surface area contributed by atoms with Crippen LogP contribution in [-0.4, -0.2) is 22.7 Å². The molecule has 146 valence electrons. The van der Waals surface area contributed by atoms with Gasteiger partial charge >= 0.3 is 6.18 Å². The van der Waals surface area contributed by atoms with Crippen LogP contribution in [0, 0.1) is 35.0 Å². The quantitative estimate of drug-likeness (QED) is 0.701. The first-order valence-electron chi connectivity index (χ1n) is 10.2. The standard InChI is InChI=1S/C21H29F3O2/c1-3-19-8-6-16-15-5-4-14(25)11-13(15)10-12(2)18(16)17(19)7-9-20(19,26)21(22,23)24/h11-12,15-18,26H,3-10H2,1-2H3/t12-,15+,16-,17+,18-,19?,20+/m1/s1. The smallest absolute Gasteiger partial charge is 0.380 e. The molecule has 0 radical (unpaired) electrons. The molecule has 0 spiro atoms. The van der Waals surface area contributed by atoms with Crippen molar-refractivity contribution in [2.24, 2.45) is 35.0 Å². The zero-order valence-electron chi connectivity index (χ0n) is 15.6. The Bertz CT molecular complexity index is 640. The van der Waals surface area contributed by atoms with Crippen LogP contribution in [0.25, 0.3) is 0 Å². The molecule has 7 atom stereocenters. The van der Waals surface area contributed by atoms with E-state index in [4.69, 9.17) is 0 Å². The molecule has 0 saturated heterocycles. The van der Waals surface area contributed by atoms with E-state index >= 15 is 0 Å². The second-order valence-corrected chi connectivity index (χ2v) is 9.30. The number of ketones is 1. The maximum absolute atomic E-state index is 13.9. The van der Waals surface area contributed by atoms with Crippen LogP contribution in [0.1, 0.15) is 65.2 Å². The third-order valence-electron chi connectivity index (χ3n) is 8.59. The number of allylic oxidation sites excluding steroid dienone is 1. The van der Waals surface area contributed by atoms with Gasteiger partial charge in [0.1, 0.15) is 0 Å². The Kier molecular flexibility index (Phi) is 4.15. The van der Waals surface area contributed by atoms with E-state index in [1.165, 1.54) is 5.57 Å². The summed E-state index contributed by atoms with van der Waals surface area (Å²) in [6, 6.07) is 0. The zero-order chi connectivity index (χ0) is 18.9. The van der Waals surface area contributed by atoms with E-state index in [0.29, 0.717) is 37.5 Å². The number of alkyl halides is 3. The fourth-order valence-corrected chi connectivity index (χ4v) is 7.58. The number of fused-ring (bicyclic) bond motifs is 5. The highest BCUT2D eigenvalue weighted by atomic mass is 19.4. The Morgan fingerprint density at radius 2 is 1.96 bits per heavy atom. The number of carbonyl (C=O) groups excluding carboxylic acids is 1. The minimum Gasteiger partial charge on any atom is -0.380 e. The first-order valence-corrected chi connectivity index (χ1v) is 10.2. The predicted octanol–water partition coefficient (Wildman–Crippen LogP) is 5.06. The molecule has 4 rings (SSSR count). The summed E-state index contributed by atoms with van der Waals surface area (Å²) in [5.41, 5.74) is -2.34. The molecule has 0 aromatic carbocycles. The second-order valence-electron chi connectivity index (χ2n) is 9.30. The van der Waals surface area contributed by atoms with Gasteiger partial charge in [-0.1, -0.05) is 19.4 Å². The minimum absolute atomic E-state index is 0.0629. The Balaban J connectivity index is 1.73. The van der Waals surface area contributed by atoms with Crippen LogP contribution in [0.2, 0.25) is 0 Å². The SMILES string of the molecule is CCC12CC[C@H]3[C@@H]([C@H](C)CC4=CC(=O)CC[C@@H]43)[C@@H]1CC[C@@]2(O)C(F)(F)F. The highest BCUT2D eigenvalue weighted by Crippen LogP contribution is 2.69. The van der Waals surface area contributed by atoms with Crippen LogP contribution >= 0.6 is 0 Å². The van der Waals surface area contributed by atoms with E-state index in [1.54, 1.807) is 0 Å². The van der Waals surface area contributed by atoms with Gasteiger partial charge in [0.25, 0.3) is 0 Å². The van der Waals surface area contributed by atoms with E-state index in [2.05, 4.69) is 6.92 Å². The average Bonchev–Trinajstić information content (AvgIpc) is 2.89. The van der Waals surface area contributed by atoms with E-state index in [0.717, 1.165) is 19.3 Å². The van der Waals surface area contributed by atoms with Crippen LogP contribution in [0.3, 0.4) is 0 Å². The van der Waals surface area contributed by atoms with Gasteiger partial charge in [-0.25, -0.2) is 0 Å². The van der Waals surface area contributed by atoms with Crippen LogP contribution < -0.4 is 0 Å². The molecule has 0 heterocycles. The number of hydrogen-bond donors (Lipinski definition) is 1. The fourth-order valence-electron chi connectivity index (χ4n) is 7.58.